The Morgan fingerprint density at radius 2 is 1.88 bits per heavy atom. The molecular formula is C17H19Cl2N3O2S. The van der Waals surface area contributed by atoms with Crippen molar-refractivity contribution in [3.8, 4) is 5.69 Å². The largest absolute Gasteiger partial charge is 0.341 e. The summed E-state index contributed by atoms with van der Waals surface area (Å²) in [4.78, 5) is 14.4. The summed E-state index contributed by atoms with van der Waals surface area (Å²) in [6, 6.07) is 5.34. The Morgan fingerprint density at radius 1 is 1.20 bits per heavy atom. The van der Waals surface area contributed by atoms with Gasteiger partial charge in [-0.15, -0.1) is 0 Å². The number of amides is 1. The lowest BCUT2D eigenvalue weighted by atomic mass is 10.1. The summed E-state index contributed by atoms with van der Waals surface area (Å²) in [5.41, 5.74) is 3.45. The van der Waals surface area contributed by atoms with Gasteiger partial charge in [-0.2, -0.15) is 5.10 Å². The minimum atomic E-state index is -0.791. The van der Waals surface area contributed by atoms with E-state index in [-0.39, 0.29) is 5.91 Å². The van der Waals surface area contributed by atoms with Gasteiger partial charge in [0.15, 0.2) is 0 Å². The number of carbonyl (C=O) groups is 1. The van der Waals surface area contributed by atoms with E-state index in [0.29, 0.717) is 41.1 Å². The van der Waals surface area contributed by atoms with Crippen molar-refractivity contribution < 1.29 is 9.00 Å². The fraction of sp³-hybridized carbons (Fsp3) is 0.412. The lowest BCUT2D eigenvalue weighted by molar-refractivity contribution is -0.130. The molecule has 0 unspecified atom stereocenters. The van der Waals surface area contributed by atoms with Gasteiger partial charge in [0.25, 0.3) is 0 Å². The van der Waals surface area contributed by atoms with Crippen LogP contribution in [0, 0.1) is 13.8 Å². The van der Waals surface area contributed by atoms with Crippen LogP contribution >= 0.6 is 23.2 Å². The molecule has 0 aliphatic carbocycles. The molecule has 25 heavy (non-hydrogen) atoms. The third-order valence-corrected chi connectivity index (χ3v) is 6.46. The first-order valence-corrected chi connectivity index (χ1v) is 10.2. The fourth-order valence-corrected chi connectivity index (χ4v) is 4.29. The van der Waals surface area contributed by atoms with Gasteiger partial charge in [-0.3, -0.25) is 9.00 Å². The van der Waals surface area contributed by atoms with Crippen molar-refractivity contribution in [2.45, 2.75) is 20.3 Å². The molecule has 2 heterocycles. The Kier molecular flexibility index (Phi) is 5.51. The SMILES string of the molecule is Cc1nn(-c2ccc(Cl)c(Cl)c2)c(C)c1CC(=O)N1CCS(=O)CC1. The van der Waals surface area contributed by atoms with Crippen LogP contribution in [0.1, 0.15) is 17.0 Å². The van der Waals surface area contributed by atoms with Crippen molar-refractivity contribution in [2.24, 2.45) is 0 Å². The number of hydrogen-bond donors (Lipinski definition) is 0. The minimum Gasteiger partial charge on any atom is -0.341 e. The second-order valence-electron chi connectivity index (χ2n) is 6.07. The van der Waals surface area contributed by atoms with E-state index in [0.717, 1.165) is 22.6 Å². The molecule has 1 fully saturated rings. The van der Waals surface area contributed by atoms with Crippen molar-refractivity contribution in [2.75, 3.05) is 24.6 Å². The standard InChI is InChI=1S/C17H19Cl2N3O2S/c1-11-14(10-17(23)21-5-7-25(24)8-6-21)12(2)22(20-11)13-3-4-15(18)16(19)9-13/h3-4,9H,5-8,10H2,1-2H3. The summed E-state index contributed by atoms with van der Waals surface area (Å²) in [7, 11) is -0.791. The maximum absolute atomic E-state index is 12.6. The van der Waals surface area contributed by atoms with E-state index >= 15 is 0 Å². The molecule has 0 atom stereocenters. The lowest BCUT2D eigenvalue weighted by Crippen LogP contribution is -2.42. The highest BCUT2D eigenvalue weighted by Gasteiger charge is 2.23. The number of hydrogen-bond acceptors (Lipinski definition) is 3. The molecule has 1 aliphatic heterocycles. The molecule has 0 spiro atoms. The number of aryl methyl sites for hydroxylation is 1. The molecule has 5 nitrogen and oxygen atoms in total. The molecule has 0 bridgehead atoms. The highest BCUT2D eigenvalue weighted by Crippen LogP contribution is 2.26. The monoisotopic (exact) mass is 399 g/mol. The van der Waals surface area contributed by atoms with Crippen LogP contribution < -0.4 is 0 Å². The molecule has 1 aromatic heterocycles. The average Bonchev–Trinajstić information content (AvgIpc) is 2.86. The lowest BCUT2D eigenvalue weighted by Gasteiger charge is -2.26. The molecule has 1 amide bonds. The van der Waals surface area contributed by atoms with Crippen LogP contribution in [-0.4, -0.2) is 49.4 Å². The van der Waals surface area contributed by atoms with Gasteiger partial charge in [0.2, 0.25) is 5.91 Å². The van der Waals surface area contributed by atoms with Crippen LogP contribution in [0.15, 0.2) is 18.2 Å². The van der Waals surface area contributed by atoms with Crippen LogP contribution in [0.4, 0.5) is 0 Å². The van der Waals surface area contributed by atoms with Gasteiger partial charge in [0.05, 0.1) is 27.8 Å². The minimum absolute atomic E-state index is 0.0524. The van der Waals surface area contributed by atoms with Gasteiger partial charge < -0.3 is 4.90 Å². The van der Waals surface area contributed by atoms with E-state index in [1.807, 2.05) is 19.9 Å². The van der Waals surface area contributed by atoms with Crippen molar-refractivity contribution in [3.63, 3.8) is 0 Å². The second-order valence-corrected chi connectivity index (χ2v) is 8.58. The molecule has 0 radical (unpaired) electrons. The fourth-order valence-electron chi connectivity index (χ4n) is 2.95. The van der Waals surface area contributed by atoms with E-state index in [9.17, 15) is 9.00 Å². The third-order valence-electron chi connectivity index (χ3n) is 4.45. The van der Waals surface area contributed by atoms with Gasteiger partial charge in [0, 0.05) is 46.7 Å². The third kappa shape index (κ3) is 3.91. The molecule has 0 saturated carbocycles. The van der Waals surface area contributed by atoms with Crippen LogP contribution in [0.25, 0.3) is 5.69 Å². The zero-order valence-electron chi connectivity index (χ0n) is 14.1. The van der Waals surface area contributed by atoms with E-state index in [1.165, 1.54) is 0 Å². The topological polar surface area (TPSA) is 55.2 Å². The van der Waals surface area contributed by atoms with Gasteiger partial charge in [-0.25, -0.2) is 4.68 Å². The number of aromatic nitrogens is 2. The Morgan fingerprint density at radius 3 is 2.52 bits per heavy atom. The first-order valence-electron chi connectivity index (χ1n) is 8.00. The van der Waals surface area contributed by atoms with Gasteiger partial charge in [-0.1, -0.05) is 23.2 Å². The summed E-state index contributed by atoms with van der Waals surface area (Å²) >= 11 is 12.1. The number of carbonyl (C=O) groups excluding carboxylic acids is 1. The highest BCUT2D eigenvalue weighted by molar-refractivity contribution is 7.85. The first-order chi connectivity index (χ1) is 11.9. The van der Waals surface area contributed by atoms with Gasteiger partial charge >= 0.3 is 0 Å². The summed E-state index contributed by atoms with van der Waals surface area (Å²) < 4.78 is 13.2. The maximum atomic E-state index is 12.6. The van der Waals surface area contributed by atoms with E-state index in [2.05, 4.69) is 5.10 Å². The Bertz CT molecular complexity index is 841. The second kappa shape index (κ2) is 7.48. The zero-order chi connectivity index (χ0) is 18.1. The van der Waals surface area contributed by atoms with Crippen molar-refractivity contribution >= 4 is 39.9 Å². The zero-order valence-corrected chi connectivity index (χ0v) is 16.4. The highest BCUT2D eigenvalue weighted by atomic mass is 35.5. The molecule has 8 heteroatoms. The van der Waals surface area contributed by atoms with Gasteiger partial charge in [-0.05, 0) is 32.0 Å². The normalized spacial score (nSPS) is 15.6. The molecule has 2 aromatic rings. The maximum Gasteiger partial charge on any atom is 0.227 e. The van der Waals surface area contributed by atoms with E-state index < -0.39 is 10.8 Å². The van der Waals surface area contributed by atoms with Crippen molar-refractivity contribution in [3.05, 3.63) is 45.2 Å². The summed E-state index contributed by atoms with van der Waals surface area (Å²) in [6.07, 6.45) is 0.297. The predicted octanol–water partition coefficient (Wildman–Crippen LogP) is 2.93. The van der Waals surface area contributed by atoms with E-state index in [4.69, 9.17) is 23.2 Å². The smallest absolute Gasteiger partial charge is 0.227 e. The summed E-state index contributed by atoms with van der Waals surface area (Å²) in [5.74, 6) is 1.18. The predicted molar refractivity (Wildman–Crippen MR) is 101 cm³/mol. The average molecular weight is 400 g/mol. The quantitative estimate of drug-likeness (QED) is 0.796. The molecule has 1 aromatic carbocycles. The van der Waals surface area contributed by atoms with Crippen LogP contribution in [0.5, 0.6) is 0 Å². The number of benzene rings is 1. The van der Waals surface area contributed by atoms with Crippen LogP contribution in [0.3, 0.4) is 0 Å². The summed E-state index contributed by atoms with van der Waals surface area (Å²) in [6.45, 7) is 4.96. The molecule has 1 aliphatic rings. The Labute approximate surface area is 159 Å². The molecular weight excluding hydrogens is 381 g/mol. The van der Waals surface area contributed by atoms with Crippen LogP contribution in [0.2, 0.25) is 10.0 Å². The molecule has 134 valence electrons. The number of halogens is 2. The summed E-state index contributed by atoms with van der Waals surface area (Å²) in [5, 5.41) is 5.51. The Hall–Kier alpha value is -1.37. The van der Waals surface area contributed by atoms with Crippen molar-refractivity contribution in [1.29, 1.82) is 0 Å². The molecule has 3 rings (SSSR count). The molecule has 0 N–H and O–H groups in total. The molecule has 1 saturated heterocycles. The first kappa shape index (κ1) is 18.4. The van der Waals surface area contributed by atoms with Crippen molar-refractivity contribution in [1.82, 2.24) is 14.7 Å². The van der Waals surface area contributed by atoms with E-state index in [1.54, 1.807) is 21.7 Å². The number of nitrogens with zero attached hydrogens (tertiary/aromatic N) is 3. The Balaban J connectivity index is 1.83. The van der Waals surface area contributed by atoms with Crippen LogP contribution in [-0.2, 0) is 22.0 Å². The van der Waals surface area contributed by atoms with Gasteiger partial charge in [0.1, 0.15) is 0 Å². The number of rotatable bonds is 3.